The summed E-state index contributed by atoms with van der Waals surface area (Å²) in [5.41, 5.74) is 5.86. The fourth-order valence-electron chi connectivity index (χ4n) is 2.07. The van der Waals surface area contributed by atoms with Crippen LogP contribution in [0.4, 0.5) is 0 Å². The van der Waals surface area contributed by atoms with Gasteiger partial charge in [-0.05, 0) is 32.1 Å². The SMILES string of the molecule is CCCOCC(=O)N1CCC(C(C)N)CC1. The molecule has 1 rings (SSSR count). The van der Waals surface area contributed by atoms with Gasteiger partial charge in [-0.25, -0.2) is 0 Å². The summed E-state index contributed by atoms with van der Waals surface area (Å²) in [7, 11) is 0. The van der Waals surface area contributed by atoms with Gasteiger partial charge in [0.2, 0.25) is 5.91 Å². The van der Waals surface area contributed by atoms with Crippen molar-refractivity contribution >= 4 is 5.91 Å². The van der Waals surface area contributed by atoms with Crippen LogP contribution in [-0.2, 0) is 9.53 Å². The molecule has 1 aliphatic rings. The number of ether oxygens (including phenoxy) is 1. The van der Waals surface area contributed by atoms with Crippen LogP contribution < -0.4 is 5.73 Å². The monoisotopic (exact) mass is 228 g/mol. The molecule has 1 amide bonds. The van der Waals surface area contributed by atoms with Crippen molar-refractivity contribution in [3.05, 3.63) is 0 Å². The van der Waals surface area contributed by atoms with Crippen molar-refractivity contribution in [2.45, 2.75) is 39.2 Å². The zero-order valence-corrected chi connectivity index (χ0v) is 10.4. The summed E-state index contributed by atoms with van der Waals surface area (Å²) in [6, 6.07) is 0.244. The number of carbonyl (C=O) groups is 1. The molecule has 1 heterocycles. The van der Waals surface area contributed by atoms with E-state index in [1.807, 2.05) is 18.7 Å². The largest absolute Gasteiger partial charge is 0.372 e. The first-order chi connectivity index (χ1) is 7.65. The fourth-order valence-corrected chi connectivity index (χ4v) is 2.07. The van der Waals surface area contributed by atoms with Crippen molar-refractivity contribution in [2.75, 3.05) is 26.3 Å². The van der Waals surface area contributed by atoms with E-state index in [9.17, 15) is 4.79 Å². The molecule has 2 N–H and O–H groups in total. The number of hydrogen-bond acceptors (Lipinski definition) is 3. The van der Waals surface area contributed by atoms with Gasteiger partial charge in [-0.15, -0.1) is 0 Å². The van der Waals surface area contributed by atoms with Gasteiger partial charge in [0, 0.05) is 25.7 Å². The molecule has 1 aliphatic heterocycles. The summed E-state index contributed by atoms with van der Waals surface area (Å²) in [6.45, 7) is 6.66. The molecular weight excluding hydrogens is 204 g/mol. The first-order valence-electron chi connectivity index (χ1n) is 6.26. The molecule has 0 aromatic carbocycles. The summed E-state index contributed by atoms with van der Waals surface area (Å²) in [6.07, 6.45) is 3.01. The molecule has 1 unspecified atom stereocenters. The van der Waals surface area contributed by atoms with Gasteiger partial charge in [0.1, 0.15) is 6.61 Å². The highest BCUT2D eigenvalue weighted by Crippen LogP contribution is 2.19. The van der Waals surface area contributed by atoms with Crippen LogP contribution >= 0.6 is 0 Å². The summed E-state index contributed by atoms with van der Waals surface area (Å²) < 4.78 is 5.26. The van der Waals surface area contributed by atoms with E-state index in [0.29, 0.717) is 12.5 Å². The van der Waals surface area contributed by atoms with Crippen LogP contribution in [0.2, 0.25) is 0 Å². The Morgan fingerprint density at radius 2 is 2.12 bits per heavy atom. The van der Waals surface area contributed by atoms with Gasteiger partial charge in [-0.1, -0.05) is 6.92 Å². The molecule has 0 bridgehead atoms. The molecule has 1 saturated heterocycles. The Balaban J connectivity index is 2.22. The molecule has 0 spiro atoms. The predicted molar refractivity (Wildman–Crippen MR) is 64.1 cm³/mol. The van der Waals surface area contributed by atoms with Gasteiger partial charge < -0.3 is 15.4 Å². The van der Waals surface area contributed by atoms with Crippen molar-refractivity contribution in [2.24, 2.45) is 11.7 Å². The lowest BCUT2D eigenvalue weighted by Crippen LogP contribution is -2.43. The molecule has 0 saturated carbocycles. The zero-order chi connectivity index (χ0) is 12.0. The minimum absolute atomic E-state index is 0.122. The number of nitrogens with zero attached hydrogens (tertiary/aromatic N) is 1. The van der Waals surface area contributed by atoms with E-state index < -0.39 is 0 Å². The second-order valence-corrected chi connectivity index (χ2v) is 4.63. The molecule has 0 aliphatic carbocycles. The first-order valence-corrected chi connectivity index (χ1v) is 6.26. The summed E-state index contributed by atoms with van der Waals surface area (Å²) in [5, 5.41) is 0. The molecule has 94 valence electrons. The minimum atomic E-state index is 0.122. The molecule has 16 heavy (non-hydrogen) atoms. The van der Waals surface area contributed by atoms with E-state index in [2.05, 4.69) is 0 Å². The van der Waals surface area contributed by atoms with Gasteiger partial charge in [0.05, 0.1) is 0 Å². The third kappa shape index (κ3) is 4.10. The van der Waals surface area contributed by atoms with Crippen LogP contribution in [0, 0.1) is 5.92 Å². The van der Waals surface area contributed by atoms with Crippen LogP contribution in [0.1, 0.15) is 33.1 Å². The third-order valence-corrected chi connectivity index (χ3v) is 3.21. The number of likely N-dealkylation sites (tertiary alicyclic amines) is 1. The average molecular weight is 228 g/mol. The Hall–Kier alpha value is -0.610. The molecular formula is C12H24N2O2. The van der Waals surface area contributed by atoms with Crippen molar-refractivity contribution in [3.63, 3.8) is 0 Å². The van der Waals surface area contributed by atoms with Crippen molar-refractivity contribution in [1.82, 2.24) is 4.90 Å². The predicted octanol–water partition coefficient (Wildman–Crippen LogP) is 0.999. The quantitative estimate of drug-likeness (QED) is 0.714. The summed E-state index contributed by atoms with van der Waals surface area (Å²) in [5.74, 6) is 0.692. The van der Waals surface area contributed by atoms with Gasteiger partial charge in [-0.3, -0.25) is 4.79 Å². The molecule has 4 heteroatoms. The second kappa shape index (κ2) is 6.86. The Morgan fingerprint density at radius 3 is 2.62 bits per heavy atom. The van der Waals surface area contributed by atoms with Crippen LogP contribution in [0.5, 0.6) is 0 Å². The summed E-state index contributed by atoms with van der Waals surface area (Å²) in [4.78, 5) is 13.6. The topological polar surface area (TPSA) is 55.6 Å². The van der Waals surface area contributed by atoms with Gasteiger partial charge in [0.15, 0.2) is 0 Å². The maximum Gasteiger partial charge on any atom is 0.248 e. The Morgan fingerprint density at radius 1 is 1.50 bits per heavy atom. The number of piperidine rings is 1. The number of amides is 1. The smallest absolute Gasteiger partial charge is 0.248 e. The van der Waals surface area contributed by atoms with E-state index in [4.69, 9.17) is 10.5 Å². The molecule has 0 aromatic heterocycles. The molecule has 4 nitrogen and oxygen atoms in total. The van der Waals surface area contributed by atoms with E-state index in [-0.39, 0.29) is 18.6 Å². The highest BCUT2D eigenvalue weighted by Gasteiger charge is 2.24. The molecule has 1 fully saturated rings. The maximum atomic E-state index is 11.7. The Labute approximate surface area is 98.1 Å². The minimum Gasteiger partial charge on any atom is -0.372 e. The lowest BCUT2D eigenvalue weighted by atomic mass is 9.91. The normalized spacial score (nSPS) is 19.8. The number of carbonyl (C=O) groups excluding carboxylic acids is 1. The van der Waals surface area contributed by atoms with Crippen LogP contribution in [0.3, 0.4) is 0 Å². The number of hydrogen-bond donors (Lipinski definition) is 1. The van der Waals surface area contributed by atoms with Crippen molar-refractivity contribution < 1.29 is 9.53 Å². The second-order valence-electron chi connectivity index (χ2n) is 4.63. The van der Waals surface area contributed by atoms with Crippen LogP contribution in [0.15, 0.2) is 0 Å². The summed E-state index contributed by atoms with van der Waals surface area (Å²) >= 11 is 0. The van der Waals surface area contributed by atoms with Crippen LogP contribution in [0.25, 0.3) is 0 Å². The number of nitrogens with two attached hydrogens (primary N) is 1. The Kier molecular flexibility index (Phi) is 5.77. The molecule has 0 radical (unpaired) electrons. The molecule has 0 aromatic rings. The van der Waals surface area contributed by atoms with Gasteiger partial charge in [-0.2, -0.15) is 0 Å². The van der Waals surface area contributed by atoms with Crippen molar-refractivity contribution in [3.8, 4) is 0 Å². The number of rotatable bonds is 5. The van der Waals surface area contributed by atoms with E-state index >= 15 is 0 Å². The lowest BCUT2D eigenvalue weighted by molar-refractivity contribution is -0.137. The maximum absolute atomic E-state index is 11.7. The van der Waals surface area contributed by atoms with E-state index in [1.54, 1.807) is 0 Å². The Bertz CT molecular complexity index is 211. The van der Waals surface area contributed by atoms with Crippen LogP contribution in [-0.4, -0.2) is 43.2 Å². The highest BCUT2D eigenvalue weighted by atomic mass is 16.5. The standard InChI is InChI=1S/C12H24N2O2/c1-3-8-16-9-12(15)14-6-4-11(5-7-14)10(2)13/h10-11H,3-9,13H2,1-2H3. The van der Waals surface area contributed by atoms with Gasteiger partial charge in [0.25, 0.3) is 0 Å². The van der Waals surface area contributed by atoms with E-state index in [0.717, 1.165) is 32.4 Å². The highest BCUT2D eigenvalue weighted by molar-refractivity contribution is 5.77. The fraction of sp³-hybridized carbons (Fsp3) is 0.917. The molecule has 1 atom stereocenters. The lowest BCUT2D eigenvalue weighted by Gasteiger charge is -2.33. The van der Waals surface area contributed by atoms with Crippen molar-refractivity contribution in [1.29, 1.82) is 0 Å². The first kappa shape index (κ1) is 13.5. The van der Waals surface area contributed by atoms with Gasteiger partial charge >= 0.3 is 0 Å². The third-order valence-electron chi connectivity index (χ3n) is 3.21. The van der Waals surface area contributed by atoms with E-state index in [1.165, 1.54) is 0 Å². The zero-order valence-electron chi connectivity index (χ0n) is 10.4. The average Bonchev–Trinajstić information content (AvgIpc) is 2.29.